The van der Waals surface area contributed by atoms with Crippen LogP contribution >= 0.6 is 0 Å². The molecule has 0 unspecified atom stereocenters. The van der Waals surface area contributed by atoms with Crippen molar-refractivity contribution in [2.75, 3.05) is 11.9 Å². The van der Waals surface area contributed by atoms with Crippen LogP contribution in [0.3, 0.4) is 0 Å². The first-order chi connectivity index (χ1) is 15.1. The maximum atomic E-state index is 14.8. The summed E-state index contributed by atoms with van der Waals surface area (Å²) in [4.78, 5) is 28.4. The van der Waals surface area contributed by atoms with Gasteiger partial charge in [-0.3, -0.25) is 4.79 Å². The lowest BCUT2D eigenvalue weighted by Crippen LogP contribution is -2.59. The number of halogens is 1. The molecule has 1 aliphatic carbocycles. The van der Waals surface area contributed by atoms with Crippen LogP contribution in [0.1, 0.15) is 35.2 Å². The monoisotopic (exact) mass is 417 g/mol. The first kappa shape index (κ1) is 19.6. The molecule has 158 valence electrons. The second-order valence-corrected chi connectivity index (χ2v) is 8.41. The summed E-state index contributed by atoms with van der Waals surface area (Å²) >= 11 is 0. The summed E-state index contributed by atoms with van der Waals surface area (Å²) in [5.74, 6) is 0.809. The van der Waals surface area contributed by atoms with E-state index in [-0.39, 0.29) is 29.4 Å². The van der Waals surface area contributed by atoms with Crippen LogP contribution in [0.5, 0.6) is 0 Å². The fourth-order valence-corrected chi connectivity index (χ4v) is 4.84. The number of hydrogen-bond acceptors (Lipinski definition) is 5. The van der Waals surface area contributed by atoms with Gasteiger partial charge >= 0.3 is 0 Å². The summed E-state index contributed by atoms with van der Waals surface area (Å²) in [6.45, 7) is 2.70. The predicted octanol–water partition coefficient (Wildman–Crippen LogP) is 4.09. The molecule has 3 aromatic rings. The fraction of sp³-hybridized carbons (Fsp3) is 0.333. The lowest BCUT2D eigenvalue weighted by Gasteiger charge is -2.50. The molecule has 4 heterocycles. The summed E-state index contributed by atoms with van der Waals surface area (Å²) < 4.78 is 14.8. The maximum absolute atomic E-state index is 14.8. The van der Waals surface area contributed by atoms with Gasteiger partial charge in [0.1, 0.15) is 11.6 Å². The Morgan fingerprint density at radius 2 is 1.94 bits per heavy atom. The van der Waals surface area contributed by atoms with Gasteiger partial charge in [0.2, 0.25) is 0 Å². The van der Waals surface area contributed by atoms with Crippen molar-refractivity contribution in [1.82, 2.24) is 19.9 Å². The molecule has 3 aliphatic rings. The van der Waals surface area contributed by atoms with E-state index in [2.05, 4.69) is 20.3 Å². The smallest absolute Gasteiger partial charge is 0.255 e. The number of carbonyl (C=O) groups is 1. The van der Waals surface area contributed by atoms with Gasteiger partial charge in [0.15, 0.2) is 5.82 Å². The van der Waals surface area contributed by atoms with Gasteiger partial charge in [-0.1, -0.05) is 12.1 Å². The molecule has 0 radical (unpaired) electrons. The van der Waals surface area contributed by atoms with E-state index in [1.807, 2.05) is 30.2 Å². The molecule has 0 spiro atoms. The van der Waals surface area contributed by atoms with Crippen LogP contribution in [-0.4, -0.2) is 44.4 Å². The third-order valence-electron chi connectivity index (χ3n) is 6.32. The van der Waals surface area contributed by atoms with Gasteiger partial charge in [0.05, 0.1) is 17.2 Å². The molecule has 7 heteroatoms. The van der Waals surface area contributed by atoms with E-state index in [0.29, 0.717) is 18.0 Å². The number of benzene rings is 1. The quantitative estimate of drug-likeness (QED) is 0.692. The summed E-state index contributed by atoms with van der Waals surface area (Å²) in [5, 5.41) is 3.53. The lowest BCUT2D eigenvalue weighted by molar-refractivity contribution is 0.0282. The Morgan fingerprint density at radius 1 is 1.10 bits per heavy atom. The van der Waals surface area contributed by atoms with E-state index in [1.165, 1.54) is 6.07 Å². The minimum Gasteiger partial charge on any atom is -0.365 e. The molecule has 6 rings (SSSR count). The molecule has 1 aromatic carbocycles. The molecule has 3 fully saturated rings. The van der Waals surface area contributed by atoms with E-state index in [0.717, 1.165) is 30.6 Å². The van der Waals surface area contributed by atoms with Crippen LogP contribution in [0.25, 0.3) is 11.4 Å². The third-order valence-corrected chi connectivity index (χ3v) is 6.32. The minimum atomic E-state index is -0.488. The van der Waals surface area contributed by atoms with Crippen LogP contribution < -0.4 is 5.32 Å². The Morgan fingerprint density at radius 3 is 2.68 bits per heavy atom. The number of amides is 1. The van der Waals surface area contributed by atoms with Gasteiger partial charge in [-0.2, -0.15) is 0 Å². The SMILES string of the molecule is Cc1ccc(N[C@@H]2C[C@H]3CC[C@@H]2N(C(=O)c2cccc(F)c2-c2ncccn2)C3)nc1. The van der Waals surface area contributed by atoms with Gasteiger partial charge in [-0.25, -0.2) is 19.3 Å². The molecule has 6 nitrogen and oxygen atoms in total. The summed E-state index contributed by atoms with van der Waals surface area (Å²) in [5.41, 5.74) is 1.58. The minimum absolute atomic E-state index is 0.0356. The molecule has 2 saturated heterocycles. The van der Waals surface area contributed by atoms with Crippen LogP contribution in [0.4, 0.5) is 10.2 Å². The number of fused-ring (bicyclic) bond motifs is 3. The van der Waals surface area contributed by atoms with Crippen LogP contribution in [0.15, 0.2) is 55.0 Å². The number of carbonyl (C=O) groups excluding carboxylic acids is 1. The molecule has 2 aliphatic heterocycles. The molecular formula is C24H24FN5O. The molecule has 3 atom stereocenters. The Hall–Kier alpha value is -3.35. The van der Waals surface area contributed by atoms with E-state index >= 15 is 0 Å². The van der Waals surface area contributed by atoms with Gasteiger partial charge in [0.25, 0.3) is 5.91 Å². The van der Waals surface area contributed by atoms with Crippen molar-refractivity contribution in [2.45, 2.75) is 38.3 Å². The summed E-state index contributed by atoms with van der Waals surface area (Å²) in [7, 11) is 0. The Kier molecular flexibility index (Phi) is 5.10. The zero-order valence-electron chi connectivity index (χ0n) is 17.3. The van der Waals surface area contributed by atoms with Crippen molar-refractivity contribution in [3.8, 4) is 11.4 Å². The number of aromatic nitrogens is 3. The Balaban J connectivity index is 1.45. The number of rotatable bonds is 4. The fourth-order valence-electron chi connectivity index (χ4n) is 4.84. The number of aryl methyl sites for hydroxylation is 1. The van der Waals surface area contributed by atoms with Crippen LogP contribution in [0, 0.1) is 18.7 Å². The highest BCUT2D eigenvalue weighted by atomic mass is 19.1. The van der Waals surface area contributed by atoms with Crippen molar-refractivity contribution >= 4 is 11.7 Å². The van der Waals surface area contributed by atoms with E-state index in [9.17, 15) is 9.18 Å². The molecular weight excluding hydrogens is 393 g/mol. The number of nitrogens with one attached hydrogen (secondary N) is 1. The number of pyridine rings is 1. The zero-order valence-corrected chi connectivity index (χ0v) is 17.3. The Labute approximate surface area is 180 Å². The number of nitrogens with zero attached hydrogens (tertiary/aromatic N) is 4. The predicted molar refractivity (Wildman–Crippen MR) is 116 cm³/mol. The highest BCUT2D eigenvalue weighted by molar-refractivity contribution is 6.00. The average Bonchev–Trinajstić information content (AvgIpc) is 2.81. The van der Waals surface area contributed by atoms with Gasteiger partial charge in [-0.15, -0.1) is 0 Å². The topological polar surface area (TPSA) is 71.0 Å². The van der Waals surface area contributed by atoms with Crippen molar-refractivity contribution in [1.29, 1.82) is 0 Å². The van der Waals surface area contributed by atoms with Crippen molar-refractivity contribution in [2.24, 2.45) is 5.92 Å². The molecule has 1 N–H and O–H groups in total. The van der Waals surface area contributed by atoms with Crippen molar-refractivity contribution < 1.29 is 9.18 Å². The summed E-state index contributed by atoms with van der Waals surface area (Å²) in [6, 6.07) is 10.4. The average molecular weight is 417 g/mol. The first-order valence-corrected chi connectivity index (χ1v) is 10.7. The molecule has 31 heavy (non-hydrogen) atoms. The number of anilines is 1. The standard InChI is InChI=1S/C24H24FN5O/c1-15-6-9-21(28-13-15)29-19-12-16-7-8-20(19)30(14-16)24(31)17-4-2-5-18(25)22(17)23-26-10-3-11-27-23/h2-6,9-11,13,16,19-20H,7-8,12,14H2,1H3,(H,28,29)/t16-,19-,20+/m1/s1. The van der Waals surface area contributed by atoms with Gasteiger partial charge in [0, 0.05) is 31.2 Å². The second kappa shape index (κ2) is 8.06. The van der Waals surface area contributed by atoms with Crippen LogP contribution in [-0.2, 0) is 0 Å². The maximum Gasteiger partial charge on any atom is 0.255 e. The first-order valence-electron chi connectivity index (χ1n) is 10.7. The van der Waals surface area contributed by atoms with Crippen molar-refractivity contribution in [3.63, 3.8) is 0 Å². The van der Waals surface area contributed by atoms with Crippen molar-refractivity contribution in [3.05, 3.63) is 71.9 Å². The van der Waals surface area contributed by atoms with E-state index in [1.54, 1.807) is 30.6 Å². The molecule has 2 aromatic heterocycles. The number of hydrogen-bond donors (Lipinski definition) is 1. The molecule has 1 amide bonds. The molecule has 2 bridgehead atoms. The third kappa shape index (κ3) is 3.76. The van der Waals surface area contributed by atoms with E-state index < -0.39 is 5.82 Å². The number of piperidine rings is 2. The van der Waals surface area contributed by atoms with Gasteiger partial charge < -0.3 is 10.2 Å². The van der Waals surface area contributed by atoms with E-state index in [4.69, 9.17) is 0 Å². The second-order valence-electron chi connectivity index (χ2n) is 8.41. The normalized spacial score (nSPS) is 22.4. The lowest BCUT2D eigenvalue weighted by atomic mass is 9.76. The highest BCUT2D eigenvalue weighted by Gasteiger charge is 2.43. The molecule has 1 saturated carbocycles. The summed E-state index contributed by atoms with van der Waals surface area (Å²) in [6.07, 6.45) is 7.98. The van der Waals surface area contributed by atoms with Crippen LogP contribution in [0.2, 0.25) is 0 Å². The largest absolute Gasteiger partial charge is 0.365 e. The zero-order chi connectivity index (χ0) is 21.4. The Bertz CT molecular complexity index is 1090. The highest BCUT2D eigenvalue weighted by Crippen LogP contribution is 2.38. The van der Waals surface area contributed by atoms with Gasteiger partial charge in [-0.05, 0) is 61.9 Å².